The zero-order chi connectivity index (χ0) is 22.8. The van der Waals surface area contributed by atoms with Gasteiger partial charge in [-0.1, -0.05) is 0 Å². The van der Waals surface area contributed by atoms with Gasteiger partial charge < -0.3 is 15.8 Å². The minimum Gasteiger partial charge on any atom is -0.456 e. The molecule has 31 heavy (non-hydrogen) atoms. The third-order valence-electron chi connectivity index (χ3n) is 4.18. The Balaban J connectivity index is 1.99. The molecule has 0 aliphatic carbocycles. The Morgan fingerprint density at radius 2 is 1.77 bits per heavy atom. The zero-order valence-electron chi connectivity index (χ0n) is 16.0. The normalized spacial score (nSPS) is 11.1. The van der Waals surface area contributed by atoms with Gasteiger partial charge in [0.2, 0.25) is 0 Å². The van der Waals surface area contributed by atoms with Crippen molar-refractivity contribution in [2.75, 3.05) is 5.32 Å². The number of nitrogens with two attached hydrogens (primary N) is 1. The molecule has 160 valence electrons. The molecule has 2 aromatic carbocycles. The van der Waals surface area contributed by atoms with E-state index >= 15 is 0 Å². The van der Waals surface area contributed by atoms with Gasteiger partial charge in [0.1, 0.15) is 23.0 Å². The van der Waals surface area contributed by atoms with Crippen molar-refractivity contribution in [1.82, 2.24) is 4.98 Å². The number of carbonyl (C=O) groups excluding carboxylic acids is 2. The first-order valence-corrected chi connectivity index (χ1v) is 8.77. The van der Waals surface area contributed by atoms with Crippen LogP contribution in [0.25, 0.3) is 0 Å². The van der Waals surface area contributed by atoms with Gasteiger partial charge in [-0.3, -0.25) is 14.6 Å². The summed E-state index contributed by atoms with van der Waals surface area (Å²) in [5.41, 5.74) is 4.27. The second-order valence-electron chi connectivity index (χ2n) is 6.47. The molecule has 6 nitrogen and oxygen atoms in total. The van der Waals surface area contributed by atoms with Crippen molar-refractivity contribution in [3.8, 4) is 11.5 Å². The van der Waals surface area contributed by atoms with Gasteiger partial charge in [0.25, 0.3) is 11.8 Å². The van der Waals surface area contributed by atoms with Gasteiger partial charge in [0.05, 0.1) is 11.1 Å². The highest BCUT2D eigenvalue weighted by Gasteiger charge is 2.32. The number of anilines is 1. The van der Waals surface area contributed by atoms with Gasteiger partial charge in [0, 0.05) is 11.9 Å². The number of halogens is 4. The van der Waals surface area contributed by atoms with Gasteiger partial charge in [-0.2, -0.15) is 13.2 Å². The zero-order valence-corrected chi connectivity index (χ0v) is 16.0. The number of primary amides is 1. The highest BCUT2D eigenvalue weighted by Crippen LogP contribution is 2.36. The van der Waals surface area contributed by atoms with E-state index in [1.165, 1.54) is 31.3 Å². The number of ether oxygens (including phenoxy) is 1. The Hall–Kier alpha value is -3.95. The molecular weight excluding hydrogens is 418 g/mol. The first kappa shape index (κ1) is 21.8. The summed E-state index contributed by atoms with van der Waals surface area (Å²) < 4.78 is 58.4. The smallest absolute Gasteiger partial charge is 0.416 e. The fourth-order valence-corrected chi connectivity index (χ4v) is 2.66. The Morgan fingerprint density at radius 3 is 2.42 bits per heavy atom. The predicted molar refractivity (Wildman–Crippen MR) is 103 cm³/mol. The quantitative estimate of drug-likeness (QED) is 0.571. The Bertz CT molecular complexity index is 1160. The molecule has 0 aliphatic heterocycles. The summed E-state index contributed by atoms with van der Waals surface area (Å²) >= 11 is 0. The van der Waals surface area contributed by atoms with Crippen molar-refractivity contribution < 1.29 is 31.9 Å². The molecule has 0 unspecified atom stereocenters. The lowest BCUT2D eigenvalue weighted by Gasteiger charge is -2.16. The van der Waals surface area contributed by atoms with Crippen LogP contribution in [0.1, 0.15) is 32.0 Å². The number of hydrogen-bond donors (Lipinski definition) is 2. The first-order valence-electron chi connectivity index (χ1n) is 8.77. The van der Waals surface area contributed by atoms with E-state index in [0.29, 0.717) is 11.6 Å². The van der Waals surface area contributed by atoms with E-state index in [2.05, 4.69) is 10.3 Å². The van der Waals surface area contributed by atoms with Crippen LogP contribution in [0, 0.1) is 12.7 Å². The lowest BCUT2D eigenvalue weighted by atomic mass is 10.1. The number of amides is 2. The van der Waals surface area contributed by atoms with Crippen LogP contribution >= 0.6 is 0 Å². The third-order valence-corrected chi connectivity index (χ3v) is 4.18. The van der Waals surface area contributed by atoms with Gasteiger partial charge in [0.15, 0.2) is 0 Å². The summed E-state index contributed by atoms with van der Waals surface area (Å²) in [5.74, 6) is -2.47. The third kappa shape index (κ3) is 5.16. The van der Waals surface area contributed by atoms with E-state index in [1.807, 2.05) is 0 Å². The molecule has 0 saturated carbocycles. The number of pyridine rings is 1. The molecule has 1 aromatic heterocycles. The molecule has 2 amide bonds. The van der Waals surface area contributed by atoms with Crippen LogP contribution in [-0.2, 0) is 6.18 Å². The summed E-state index contributed by atoms with van der Waals surface area (Å²) in [6.45, 7) is 1.51. The minimum atomic E-state index is -4.67. The highest BCUT2D eigenvalue weighted by atomic mass is 19.4. The molecule has 0 fully saturated rings. The standard InChI is InChI=1S/C21H15F4N3O3/c1-11-8-13(22)3-5-17(11)31-18-9-12(21(23,24)25)2-4-15(18)20(30)28-14-6-7-27-16(10-14)19(26)29/h2-10H,1H3,(H2,26,29)(H,27,28,30). The minimum absolute atomic E-state index is 0.0784. The van der Waals surface area contributed by atoms with Crippen LogP contribution in [0.5, 0.6) is 11.5 Å². The average Bonchev–Trinajstić information content (AvgIpc) is 2.69. The highest BCUT2D eigenvalue weighted by molar-refractivity contribution is 6.06. The van der Waals surface area contributed by atoms with Gasteiger partial charge in [-0.05, 0) is 61.0 Å². The molecule has 3 aromatic rings. The SMILES string of the molecule is Cc1cc(F)ccc1Oc1cc(C(F)(F)F)ccc1C(=O)Nc1ccnc(C(N)=O)c1. The molecule has 0 bridgehead atoms. The number of benzene rings is 2. The molecule has 0 aliphatic rings. The number of hydrogen-bond acceptors (Lipinski definition) is 4. The molecule has 0 spiro atoms. The Kier molecular flexibility index (Phi) is 5.91. The van der Waals surface area contributed by atoms with Crippen LogP contribution in [0.3, 0.4) is 0 Å². The molecule has 3 N–H and O–H groups in total. The lowest BCUT2D eigenvalue weighted by Crippen LogP contribution is -2.16. The molecule has 1 heterocycles. The van der Waals surface area contributed by atoms with Crippen LogP contribution in [0.4, 0.5) is 23.2 Å². The monoisotopic (exact) mass is 433 g/mol. The molecule has 0 saturated heterocycles. The van der Waals surface area contributed by atoms with Gasteiger partial charge in [-0.15, -0.1) is 0 Å². The number of nitrogens with zero attached hydrogens (tertiary/aromatic N) is 1. The van der Waals surface area contributed by atoms with E-state index in [9.17, 15) is 27.2 Å². The number of nitrogens with one attached hydrogen (secondary N) is 1. The van der Waals surface area contributed by atoms with E-state index < -0.39 is 29.4 Å². The van der Waals surface area contributed by atoms with Crippen LogP contribution in [-0.4, -0.2) is 16.8 Å². The molecule has 10 heteroatoms. The Morgan fingerprint density at radius 1 is 1.03 bits per heavy atom. The van der Waals surface area contributed by atoms with E-state index in [-0.39, 0.29) is 28.4 Å². The lowest BCUT2D eigenvalue weighted by molar-refractivity contribution is -0.137. The van der Waals surface area contributed by atoms with Crippen LogP contribution < -0.4 is 15.8 Å². The summed E-state index contributed by atoms with van der Waals surface area (Å²) in [6.07, 6.45) is -3.44. The van der Waals surface area contributed by atoms with E-state index in [0.717, 1.165) is 24.3 Å². The van der Waals surface area contributed by atoms with Crippen molar-refractivity contribution in [2.45, 2.75) is 13.1 Å². The molecule has 0 atom stereocenters. The first-order chi connectivity index (χ1) is 14.5. The van der Waals surface area contributed by atoms with Crippen molar-refractivity contribution in [3.63, 3.8) is 0 Å². The van der Waals surface area contributed by atoms with Gasteiger partial charge >= 0.3 is 6.18 Å². The summed E-state index contributed by atoms with van der Waals surface area (Å²) in [6, 6.07) is 8.44. The summed E-state index contributed by atoms with van der Waals surface area (Å²) in [5, 5.41) is 2.45. The largest absolute Gasteiger partial charge is 0.456 e. The number of aryl methyl sites for hydroxylation is 1. The summed E-state index contributed by atoms with van der Waals surface area (Å²) in [7, 11) is 0. The maximum absolute atomic E-state index is 13.3. The van der Waals surface area contributed by atoms with Crippen molar-refractivity contribution in [1.29, 1.82) is 0 Å². The summed E-state index contributed by atoms with van der Waals surface area (Å²) in [4.78, 5) is 27.7. The van der Waals surface area contributed by atoms with Gasteiger partial charge in [-0.25, -0.2) is 4.39 Å². The number of carbonyl (C=O) groups is 2. The number of rotatable bonds is 5. The Labute approximate surface area is 173 Å². The van der Waals surface area contributed by atoms with Crippen LogP contribution in [0.2, 0.25) is 0 Å². The number of alkyl halides is 3. The van der Waals surface area contributed by atoms with E-state index in [1.54, 1.807) is 0 Å². The predicted octanol–water partition coefficient (Wildman–Crippen LogP) is 4.69. The topological polar surface area (TPSA) is 94.3 Å². The molecule has 3 rings (SSSR count). The van der Waals surface area contributed by atoms with Crippen molar-refractivity contribution in [3.05, 3.63) is 82.9 Å². The average molecular weight is 433 g/mol. The van der Waals surface area contributed by atoms with Crippen LogP contribution in [0.15, 0.2) is 54.7 Å². The van der Waals surface area contributed by atoms with Crippen molar-refractivity contribution in [2.24, 2.45) is 5.73 Å². The molecular formula is C21H15F4N3O3. The second-order valence-corrected chi connectivity index (χ2v) is 6.47. The maximum Gasteiger partial charge on any atom is 0.416 e. The molecule has 0 radical (unpaired) electrons. The maximum atomic E-state index is 13.3. The number of aromatic nitrogens is 1. The fourth-order valence-electron chi connectivity index (χ4n) is 2.66. The van der Waals surface area contributed by atoms with E-state index in [4.69, 9.17) is 10.5 Å². The van der Waals surface area contributed by atoms with Crippen molar-refractivity contribution >= 4 is 17.5 Å². The fraction of sp³-hybridized carbons (Fsp3) is 0.0952. The second kappa shape index (κ2) is 8.42.